The van der Waals surface area contributed by atoms with Crippen molar-refractivity contribution in [3.63, 3.8) is 0 Å². The van der Waals surface area contributed by atoms with Gasteiger partial charge in [0.25, 0.3) is 0 Å². The number of carbonyl (C=O) groups excluding carboxylic acids is 1. The fourth-order valence-corrected chi connectivity index (χ4v) is 2.84. The predicted octanol–water partition coefficient (Wildman–Crippen LogP) is 2.15. The fraction of sp³-hybridized carbons (Fsp3) is 0.467. The van der Waals surface area contributed by atoms with E-state index in [0.29, 0.717) is 0 Å². The lowest BCUT2D eigenvalue weighted by atomic mass is 9.78. The van der Waals surface area contributed by atoms with E-state index in [4.69, 9.17) is 10.00 Å². The summed E-state index contributed by atoms with van der Waals surface area (Å²) in [7, 11) is 1.62. The van der Waals surface area contributed by atoms with Crippen molar-refractivity contribution in [2.45, 2.75) is 31.1 Å². The van der Waals surface area contributed by atoms with Crippen LogP contribution in [0.1, 0.15) is 31.2 Å². The highest BCUT2D eigenvalue weighted by molar-refractivity contribution is 5.88. The minimum absolute atomic E-state index is 0.0418. The van der Waals surface area contributed by atoms with Crippen LogP contribution in [0.2, 0.25) is 0 Å². The Morgan fingerprint density at radius 2 is 2.21 bits per heavy atom. The summed E-state index contributed by atoms with van der Waals surface area (Å²) in [5.41, 5.74) is 0.491. The molecule has 0 atom stereocenters. The van der Waals surface area contributed by atoms with Crippen molar-refractivity contribution in [2.24, 2.45) is 0 Å². The number of nitrogens with one attached hydrogen (secondary N) is 1. The number of ether oxygens (including phenoxy) is 1. The maximum absolute atomic E-state index is 12.4. The zero-order valence-corrected chi connectivity index (χ0v) is 11.1. The van der Waals surface area contributed by atoms with Crippen molar-refractivity contribution in [3.8, 4) is 11.8 Å². The Labute approximate surface area is 113 Å². The third-order valence-electron chi connectivity index (χ3n) is 3.84. The molecule has 1 aromatic rings. The number of benzene rings is 1. The molecule has 0 unspecified atom stereocenters. The highest BCUT2D eigenvalue weighted by Gasteiger charge is 2.42. The fourth-order valence-electron chi connectivity index (χ4n) is 2.84. The second kappa shape index (κ2) is 5.75. The summed E-state index contributed by atoms with van der Waals surface area (Å²) in [6.45, 7) is 0.0601. The average Bonchev–Trinajstić information content (AvgIpc) is 2.95. The van der Waals surface area contributed by atoms with E-state index in [1.165, 1.54) is 0 Å². The summed E-state index contributed by atoms with van der Waals surface area (Å²) in [6, 6.07) is 9.64. The molecule has 0 aliphatic heterocycles. The molecular formula is C15H18N2O2. The minimum atomic E-state index is -0.495. The van der Waals surface area contributed by atoms with Gasteiger partial charge in [-0.05, 0) is 30.5 Å². The number of rotatable bonds is 4. The van der Waals surface area contributed by atoms with Gasteiger partial charge < -0.3 is 10.1 Å². The van der Waals surface area contributed by atoms with E-state index in [-0.39, 0.29) is 12.5 Å². The van der Waals surface area contributed by atoms with E-state index in [9.17, 15) is 4.79 Å². The number of methoxy groups -OCH3 is 1. The van der Waals surface area contributed by atoms with Crippen molar-refractivity contribution >= 4 is 5.91 Å². The van der Waals surface area contributed by atoms with Gasteiger partial charge in [-0.2, -0.15) is 5.26 Å². The Hall–Kier alpha value is -2.02. The second-order valence-electron chi connectivity index (χ2n) is 4.86. The largest absolute Gasteiger partial charge is 0.497 e. The molecule has 0 spiro atoms. The molecule has 0 heterocycles. The van der Waals surface area contributed by atoms with E-state index in [1.54, 1.807) is 7.11 Å². The molecule has 4 heteroatoms. The SMILES string of the molecule is COc1cccc(C2(C(=O)NCC#N)CCCC2)c1. The molecule has 1 amide bonds. The molecule has 0 aromatic heterocycles. The van der Waals surface area contributed by atoms with Gasteiger partial charge >= 0.3 is 0 Å². The Morgan fingerprint density at radius 3 is 2.84 bits per heavy atom. The van der Waals surface area contributed by atoms with E-state index in [2.05, 4.69) is 5.32 Å². The smallest absolute Gasteiger partial charge is 0.231 e. The molecular weight excluding hydrogens is 240 g/mol. The lowest BCUT2D eigenvalue weighted by Crippen LogP contribution is -2.42. The van der Waals surface area contributed by atoms with Gasteiger partial charge in [-0.25, -0.2) is 0 Å². The van der Waals surface area contributed by atoms with Gasteiger partial charge in [0.2, 0.25) is 5.91 Å². The summed E-state index contributed by atoms with van der Waals surface area (Å²) in [5, 5.41) is 11.3. The number of nitriles is 1. The third kappa shape index (κ3) is 2.55. The van der Waals surface area contributed by atoms with Crippen LogP contribution in [-0.2, 0) is 10.2 Å². The third-order valence-corrected chi connectivity index (χ3v) is 3.84. The maximum Gasteiger partial charge on any atom is 0.231 e. The predicted molar refractivity (Wildman–Crippen MR) is 71.8 cm³/mol. The normalized spacial score (nSPS) is 16.6. The van der Waals surface area contributed by atoms with Gasteiger partial charge in [-0.1, -0.05) is 25.0 Å². The molecule has 0 radical (unpaired) electrons. The van der Waals surface area contributed by atoms with Crippen LogP contribution in [0, 0.1) is 11.3 Å². The highest BCUT2D eigenvalue weighted by atomic mass is 16.5. The molecule has 1 fully saturated rings. The summed E-state index contributed by atoms with van der Waals surface area (Å²) in [6.07, 6.45) is 3.74. The summed E-state index contributed by atoms with van der Waals surface area (Å²) >= 11 is 0. The molecule has 100 valence electrons. The van der Waals surface area contributed by atoms with Gasteiger partial charge in [-0.3, -0.25) is 4.79 Å². The molecule has 1 aromatic carbocycles. The Morgan fingerprint density at radius 1 is 1.47 bits per heavy atom. The number of carbonyl (C=O) groups is 1. The van der Waals surface area contributed by atoms with Crippen LogP contribution in [0.15, 0.2) is 24.3 Å². The minimum Gasteiger partial charge on any atom is -0.497 e. The van der Waals surface area contributed by atoms with Crippen LogP contribution in [0.25, 0.3) is 0 Å². The van der Waals surface area contributed by atoms with Gasteiger partial charge in [0.15, 0.2) is 0 Å². The number of hydrogen-bond donors (Lipinski definition) is 1. The molecule has 1 N–H and O–H groups in total. The van der Waals surface area contributed by atoms with Crippen LogP contribution in [0.4, 0.5) is 0 Å². The molecule has 1 aliphatic carbocycles. The lowest BCUT2D eigenvalue weighted by molar-refractivity contribution is -0.126. The first-order valence-corrected chi connectivity index (χ1v) is 6.53. The quantitative estimate of drug-likeness (QED) is 0.842. The van der Waals surface area contributed by atoms with Crippen molar-refractivity contribution in [3.05, 3.63) is 29.8 Å². The number of amides is 1. The van der Waals surface area contributed by atoms with Crippen LogP contribution < -0.4 is 10.1 Å². The Balaban J connectivity index is 2.33. The van der Waals surface area contributed by atoms with Crippen molar-refractivity contribution in [2.75, 3.05) is 13.7 Å². The summed E-state index contributed by atoms with van der Waals surface area (Å²) in [4.78, 5) is 12.4. The molecule has 0 bridgehead atoms. The average molecular weight is 258 g/mol. The molecule has 4 nitrogen and oxygen atoms in total. The first-order chi connectivity index (χ1) is 9.23. The first kappa shape index (κ1) is 13.4. The molecule has 0 saturated heterocycles. The van der Waals surface area contributed by atoms with E-state index >= 15 is 0 Å². The number of nitrogens with zero attached hydrogens (tertiary/aromatic N) is 1. The zero-order valence-electron chi connectivity index (χ0n) is 11.1. The monoisotopic (exact) mass is 258 g/mol. The topological polar surface area (TPSA) is 62.1 Å². The van der Waals surface area contributed by atoms with Crippen molar-refractivity contribution < 1.29 is 9.53 Å². The molecule has 2 rings (SSSR count). The summed E-state index contributed by atoms with van der Waals surface area (Å²) in [5.74, 6) is 0.719. The van der Waals surface area contributed by atoms with E-state index in [1.807, 2.05) is 30.3 Å². The zero-order chi connectivity index (χ0) is 13.7. The first-order valence-electron chi connectivity index (χ1n) is 6.53. The van der Waals surface area contributed by atoms with Gasteiger partial charge in [0, 0.05) is 0 Å². The van der Waals surface area contributed by atoms with E-state index < -0.39 is 5.41 Å². The van der Waals surface area contributed by atoms with Crippen molar-refractivity contribution in [1.82, 2.24) is 5.32 Å². The lowest BCUT2D eigenvalue weighted by Gasteiger charge is -2.28. The molecule has 1 saturated carbocycles. The van der Waals surface area contributed by atoms with Gasteiger partial charge in [-0.15, -0.1) is 0 Å². The second-order valence-corrected chi connectivity index (χ2v) is 4.86. The standard InChI is InChI=1S/C15H18N2O2/c1-19-13-6-4-5-12(11-13)15(7-2-3-8-15)14(18)17-10-9-16/h4-6,11H,2-3,7-8,10H2,1H3,(H,17,18). The van der Waals surface area contributed by atoms with E-state index in [0.717, 1.165) is 37.0 Å². The van der Waals surface area contributed by atoms with Gasteiger partial charge in [0.05, 0.1) is 18.6 Å². The van der Waals surface area contributed by atoms with Gasteiger partial charge in [0.1, 0.15) is 12.3 Å². The van der Waals surface area contributed by atoms with Crippen molar-refractivity contribution in [1.29, 1.82) is 5.26 Å². The van der Waals surface area contributed by atoms with Crippen LogP contribution in [-0.4, -0.2) is 19.6 Å². The molecule has 1 aliphatic rings. The summed E-state index contributed by atoms with van der Waals surface area (Å²) < 4.78 is 5.24. The molecule has 19 heavy (non-hydrogen) atoms. The Bertz CT molecular complexity index is 499. The highest BCUT2D eigenvalue weighted by Crippen LogP contribution is 2.42. The van der Waals surface area contributed by atoms with Crippen LogP contribution in [0.5, 0.6) is 5.75 Å². The maximum atomic E-state index is 12.4. The van der Waals surface area contributed by atoms with Crippen LogP contribution in [0.3, 0.4) is 0 Å². The number of hydrogen-bond acceptors (Lipinski definition) is 3. The Kier molecular flexibility index (Phi) is 4.06. The van der Waals surface area contributed by atoms with Crippen LogP contribution >= 0.6 is 0 Å².